The number of para-hydroxylation sites is 1. The monoisotopic (exact) mass is 379 g/mol. The fourth-order valence-corrected chi connectivity index (χ4v) is 3.09. The van der Waals surface area contributed by atoms with Gasteiger partial charge in [0.05, 0.1) is 6.20 Å². The molecule has 1 aromatic carbocycles. The fourth-order valence-electron chi connectivity index (χ4n) is 3.09. The van der Waals surface area contributed by atoms with Crippen molar-refractivity contribution in [2.24, 2.45) is 7.05 Å². The summed E-state index contributed by atoms with van der Waals surface area (Å²) < 4.78 is 7.38. The zero-order valence-electron chi connectivity index (χ0n) is 15.8. The van der Waals surface area contributed by atoms with E-state index in [-0.39, 0.29) is 5.91 Å². The summed E-state index contributed by atoms with van der Waals surface area (Å²) in [5.41, 5.74) is 0.368. The second-order valence-electron chi connectivity index (χ2n) is 6.58. The maximum absolute atomic E-state index is 12.5. The van der Waals surface area contributed by atoms with E-state index in [1.807, 2.05) is 43.3 Å². The molecule has 1 aliphatic rings. The van der Waals surface area contributed by atoms with Gasteiger partial charge in [-0.2, -0.15) is 4.98 Å². The van der Waals surface area contributed by atoms with Crippen LogP contribution in [0.25, 0.3) is 0 Å². The molecule has 0 aliphatic carbocycles. The number of anilines is 1. The number of hydrogen-bond acceptors (Lipinski definition) is 7. The summed E-state index contributed by atoms with van der Waals surface area (Å²) in [7, 11) is 1.74. The highest BCUT2D eigenvalue weighted by Gasteiger charge is 2.25. The molecule has 0 atom stereocenters. The number of benzene rings is 1. The van der Waals surface area contributed by atoms with Gasteiger partial charge in [-0.25, -0.2) is 4.98 Å². The van der Waals surface area contributed by atoms with Crippen LogP contribution in [0.2, 0.25) is 0 Å². The summed E-state index contributed by atoms with van der Waals surface area (Å²) in [6.07, 6.45) is 1.63. The van der Waals surface area contributed by atoms with Crippen LogP contribution in [-0.2, 0) is 7.05 Å². The first-order chi connectivity index (χ1) is 13.6. The second-order valence-corrected chi connectivity index (χ2v) is 6.58. The molecule has 9 nitrogen and oxygen atoms in total. The third-order valence-electron chi connectivity index (χ3n) is 4.48. The normalized spacial score (nSPS) is 14.2. The second kappa shape index (κ2) is 7.63. The summed E-state index contributed by atoms with van der Waals surface area (Å²) in [4.78, 5) is 25.3. The molecule has 3 aromatic rings. The smallest absolute Gasteiger partial charge is 0.276 e. The van der Waals surface area contributed by atoms with Gasteiger partial charge >= 0.3 is 0 Å². The van der Waals surface area contributed by atoms with Crippen molar-refractivity contribution in [2.45, 2.75) is 6.92 Å². The van der Waals surface area contributed by atoms with Crippen molar-refractivity contribution in [1.82, 2.24) is 29.9 Å². The molecule has 9 heteroatoms. The van der Waals surface area contributed by atoms with Crippen molar-refractivity contribution >= 4 is 11.7 Å². The zero-order chi connectivity index (χ0) is 19.5. The Labute approximate surface area is 162 Å². The highest BCUT2D eigenvalue weighted by Crippen LogP contribution is 2.24. The van der Waals surface area contributed by atoms with Crippen molar-refractivity contribution in [2.75, 3.05) is 31.1 Å². The minimum atomic E-state index is -0.0975. The van der Waals surface area contributed by atoms with E-state index < -0.39 is 0 Å². The first-order valence-electron chi connectivity index (χ1n) is 9.07. The molecule has 1 aliphatic heterocycles. The van der Waals surface area contributed by atoms with Gasteiger partial charge in [0.2, 0.25) is 5.88 Å². The van der Waals surface area contributed by atoms with Crippen LogP contribution in [0.15, 0.2) is 42.6 Å². The van der Waals surface area contributed by atoms with Gasteiger partial charge in [-0.3, -0.25) is 9.48 Å². The molecule has 144 valence electrons. The minimum Gasteiger partial charge on any atom is -0.439 e. The van der Waals surface area contributed by atoms with E-state index in [1.54, 1.807) is 18.1 Å². The molecular formula is C19H21N7O2. The molecule has 0 saturated carbocycles. The molecule has 1 amide bonds. The van der Waals surface area contributed by atoms with E-state index in [4.69, 9.17) is 4.74 Å². The number of nitrogens with zero attached hydrogens (tertiary/aromatic N) is 7. The number of carbonyl (C=O) groups is 1. The first kappa shape index (κ1) is 17.9. The van der Waals surface area contributed by atoms with Crippen LogP contribution in [0, 0.1) is 6.92 Å². The Morgan fingerprint density at radius 3 is 2.50 bits per heavy atom. The Morgan fingerprint density at radius 1 is 1.07 bits per heavy atom. The Balaban J connectivity index is 1.43. The van der Waals surface area contributed by atoms with Gasteiger partial charge in [0, 0.05) is 39.3 Å². The molecule has 0 spiro atoms. The van der Waals surface area contributed by atoms with Gasteiger partial charge in [0.15, 0.2) is 5.69 Å². The Hall–Kier alpha value is -3.49. The standard InChI is InChI=1S/C19H21N7O2/c1-14-20-17(12-18(21-14)28-15-6-4-3-5-7-15)25-8-10-26(11-9-25)19(27)16-13-24(2)23-22-16/h3-7,12-13H,8-11H2,1-2H3. The highest BCUT2D eigenvalue weighted by molar-refractivity contribution is 5.92. The van der Waals surface area contributed by atoms with Crippen LogP contribution in [0.5, 0.6) is 11.6 Å². The van der Waals surface area contributed by atoms with Gasteiger partial charge in [-0.05, 0) is 19.1 Å². The molecule has 0 radical (unpaired) electrons. The SMILES string of the molecule is Cc1nc(Oc2ccccc2)cc(N2CCN(C(=O)c3cn(C)nn3)CC2)n1. The quantitative estimate of drug-likeness (QED) is 0.681. The molecule has 1 fully saturated rings. The molecule has 0 bridgehead atoms. The molecule has 3 heterocycles. The molecule has 2 aromatic heterocycles. The lowest BCUT2D eigenvalue weighted by atomic mass is 10.2. The number of hydrogen-bond donors (Lipinski definition) is 0. The van der Waals surface area contributed by atoms with Crippen molar-refractivity contribution in [3.8, 4) is 11.6 Å². The van der Waals surface area contributed by atoms with Gasteiger partial charge in [-0.1, -0.05) is 23.4 Å². The number of aryl methyl sites for hydroxylation is 2. The number of amides is 1. The van der Waals surface area contributed by atoms with E-state index in [2.05, 4.69) is 25.2 Å². The molecule has 0 N–H and O–H groups in total. The number of aromatic nitrogens is 5. The summed E-state index contributed by atoms with van der Waals surface area (Å²) in [6.45, 7) is 4.37. The predicted octanol–water partition coefficient (Wildman–Crippen LogP) is 1.67. The van der Waals surface area contributed by atoms with Gasteiger partial charge in [-0.15, -0.1) is 5.10 Å². The van der Waals surface area contributed by atoms with E-state index in [0.717, 1.165) is 11.6 Å². The Morgan fingerprint density at radius 2 is 1.82 bits per heavy atom. The predicted molar refractivity (Wildman–Crippen MR) is 102 cm³/mol. The number of rotatable bonds is 4. The number of carbonyl (C=O) groups excluding carboxylic acids is 1. The third-order valence-corrected chi connectivity index (χ3v) is 4.48. The summed E-state index contributed by atoms with van der Waals surface area (Å²) in [5.74, 6) is 2.57. The van der Waals surface area contributed by atoms with E-state index >= 15 is 0 Å². The van der Waals surface area contributed by atoms with Crippen LogP contribution >= 0.6 is 0 Å². The van der Waals surface area contributed by atoms with E-state index in [0.29, 0.717) is 43.6 Å². The van der Waals surface area contributed by atoms with Crippen LogP contribution in [0.3, 0.4) is 0 Å². The molecule has 28 heavy (non-hydrogen) atoms. The number of ether oxygens (including phenoxy) is 1. The topological polar surface area (TPSA) is 89.3 Å². The van der Waals surface area contributed by atoms with Crippen LogP contribution < -0.4 is 9.64 Å². The lowest BCUT2D eigenvalue weighted by Crippen LogP contribution is -2.49. The van der Waals surface area contributed by atoms with Crippen molar-refractivity contribution in [3.63, 3.8) is 0 Å². The lowest BCUT2D eigenvalue weighted by Gasteiger charge is -2.35. The molecule has 4 rings (SSSR count). The Kier molecular flexibility index (Phi) is 4.88. The van der Waals surface area contributed by atoms with E-state index in [9.17, 15) is 4.79 Å². The van der Waals surface area contributed by atoms with Crippen molar-refractivity contribution in [3.05, 3.63) is 54.1 Å². The fraction of sp³-hybridized carbons (Fsp3) is 0.316. The van der Waals surface area contributed by atoms with E-state index in [1.165, 1.54) is 4.68 Å². The Bertz CT molecular complexity index is 965. The largest absolute Gasteiger partial charge is 0.439 e. The minimum absolute atomic E-state index is 0.0975. The molecule has 1 saturated heterocycles. The van der Waals surface area contributed by atoms with Gasteiger partial charge in [0.1, 0.15) is 17.4 Å². The van der Waals surface area contributed by atoms with Crippen molar-refractivity contribution in [1.29, 1.82) is 0 Å². The first-order valence-corrected chi connectivity index (χ1v) is 9.07. The van der Waals surface area contributed by atoms with Crippen LogP contribution in [-0.4, -0.2) is 61.9 Å². The maximum Gasteiger partial charge on any atom is 0.276 e. The third kappa shape index (κ3) is 3.93. The summed E-state index contributed by atoms with van der Waals surface area (Å²) in [5, 5.41) is 7.73. The highest BCUT2D eigenvalue weighted by atomic mass is 16.5. The van der Waals surface area contributed by atoms with Gasteiger partial charge < -0.3 is 14.5 Å². The zero-order valence-corrected chi connectivity index (χ0v) is 15.8. The maximum atomic E-state index is 12.5. The van der Waals surface area contributed by atoms with Gasteiger partial charge in [0.25, 0.3) is 5.91 Å². The lowest BCUT2D eigenvalue weighted by molar-refractivity contribution is 0.0740. The van der Waals surface area contributed by atoms with Crippen LogP contribution in [0.1, 0.15) is 16.3 Å². The molecular weight excluding hydrogens is 358 g/mol. The summed E-state index contributed by atoms with van der Waals surface area (Å²) in [6, 6.07) is 11.4. The average Bonchev–Trinajstić information content (AvgIpc) is 3.14. The average molecular weight is 379 g/mol. The summed E-state index contributed by atoms with van der Waals surface area (Å²) >= 11 is 0. The van der Waals surface area contributed by atoms with Crippen molar-refractivity contribution < 1.29 is 9.53 Å². The van der Waals surface area contributed by atoms with Crippen LogP contribution in [0.4, 0.5) is 5.82 Å². The number of piperazine rings is 1. The molecule has 0 unspecified atom stereocenters.